The molecule has 0 aromatic heterocycles. The van der Waals surface area contributed by atoms with E-state index in [1.165, 1.54) is 0 Å². The third-order valence-corrected chi connectivity index (χ3v) is 4.72. The van der Waals surface area contributed by atoms with Gasteiger partial charge in [0.05, 0.1) is 12.7 Å². The van der Waals surface area contributed by atoms with Crippen LogP contribution in [0.5, 0.6) is 23.0 Å². The lowest BCUT2D eigenvalue weighted by atomic mass is 10.1. The highest BCUT2D eigenvalue weighted by Crippen LogP contribution is 2.26. The zero-order valence-corrected chi connectivity index (χ0v) is 15.6. The molecule has 4 heteroatoms. The zero-order chi connectivity index (χ0) is 19.5. The quantitative estimate of drug-likeness (QED) is 0.458. The van der Waals surface area contributed by atoms with E-state index in [9.17, 15) is 10.2 Å². The fourth-order valence-corrected chi connectivity index (χ4v) is 3.22. The summed E-state index contributed by atoms with van der Waals surface area (Å²) in [6, 6.07) is 22.2. The maximum absolute atomic E-state index is 9.55. The first-order valence-corrected chi connectivity index (χ1v) is 9.32. The maximum Gasteiger partial charge on any atom is 0.120 e. The minimum atomic E-state index is 0.00645. The van der Waals surface area contributed by atoms with Gasteiger partial charge in [0, 0.05) is 6.42 Å². The van der Waals surface area contributed by atoms with Crippen molar-refractivity contribution in [3.63, 3.8) is 0 Å². The third kappa shape index (κ3) is 4.12. The van der Waals surface area contributed by atoms with Crippen LogP contribution in [0.15, 0.2) is 72.8 Å². The van der Waals surface area contributed by atoms with Crippen LogP contribution in [-0.4, -0.2) is 22.9 Å². The molecule has 4 aromatic carbocycles. The van der Waals surface area contributed by atoms with Crippen molar-refractivity contribution in [3.8, 4) is 23.0 Å². The van der Waals surface area contributed by atoms with Crippen molar-refractivity contribution < 1.29 is 19.7 Å². The molecule has 2 N–H and O–H groups in total. The van der Waals surface area contributed by atoms with Crippen LogP contribution in [0.25, 0.3) is 21.5 Å². The molecule has 1 unspecified atom stereocenters. The van der Waals surface area contributed by atoms with E-state index in [0.717, 1.165) is 39.5 Å². The van der Waals surface area contributed by atoms with E-state index in [1.54, 1.807) is 24.3 Å². The minimum absolute atomic E-state index is 0.00645. The lowest BCUT2D eigenvalue weighted by Gasteiger charge is -2.16. The highest BCUT2D eigenvalue weighted by Gasteiger charge is 2.07. The van der Waals surface area contributed by atoms with Gasteiger partial charge in [-0.25, -0.2) is 0 Å². The molecule has 0 saturated carbocycles. The van der Waals surface area contributed by atoms with Crippen molar-refractivity contribution in [2.45, 2.75) is 19.4 Å². The molecule has 0 aliphatic heterocycles. The van der Waals surface area contributed by atoms with Crippen LogP contribution < -0.4 is 9.47 Å². The number of hydrogen-bond acceptors (Lipinski definition) is 4. The molecule has 142 valence electrons. The number of rotatable bonds is 6. The Morgan fingerprint density at radius 3 is 1.82 bits per heavy atom. The van der Waals surface area contributed by atoms with Crippen molar-refractivity contribution in [2.24, 2.45) is 0 Å². The second-order valence-electron chi connectivity index (χ2n) is 6.95. The molecule has 4 rings (SSSR count). The average Bonchev–Trinajstić information content (AvgIpc) is 2.68. The Hall–Kier alpha value is -3.40. The summed E-state index contributed by atoms with van der Waals surface area (Å²) in [6.45, 7) is 2.57. The SMILES string of the molecule is CC(CCOc1ccc2cc(O)ccc2c1)Oc1ccc2cc(O)ccc2c1. The van der Waals surface area contributed by atoms with Crippen LogP contribution in [0.3, 0.4) is 0 Å². The van der Waals surface area contributed by atoms with Crippen molar-refractivity contribution in [3.05, 3.63) is 72.8 Å². The van der Waals surface area contributed by atoms with Gasteiger partial charge < -0.3 is 19.7 Å². The molecule has 4 nitrogen and oxygen atoms in total. The van der Waals surface area contributed by atoms with Crippen LogP contribution in [0, 0.1) is 0 Å². The number of hydrogen-bond donors (Lipinski definition) is 2. The Bertz CT molecular complexity index is 1120. The molecule has 0 fully saturated rings. The molecule has 0 saturated heterocycles. The lowest BCUT2D eigenvalue weighted by molar-refractivity contribution is 0.177. The van der Waals surface area contributed by atoms with E-state index in [2.05, 4.69) is 0 Å². The summed E-state index contributed by atoms with van der Waals surface area (Å²) in [5.74, 6) is 2.13. The molecular formula is C24H22O4. The van der Waals surface area contributed by atoms with Gasteiger partial charge in [-0.15, -0.1) is 0 Å². The molecule has 28 heavy (non-hydrogen) atoms. The first-order valence-electron chi connectivity index (χ1n) is 9.32. The van der Waals surface area contributed by atoms with Gasteiger partial charge in [0.15, 0.2) is 0 Å². The summed E-state index contributed by atoms with van der Waals surface area (Å²) < 4.78 is 11.9. The van der Waals surface area contributed by atoms with Crippen LogP contribution in [0.2, 0.25) is 0 Å². The molecule has 0 spiro atoms. The van der Waals surface area contributed by atoms with E-state index < -0.39 is 0 Å². The number of phenolic OH excluding ortho intramolecular Hbond substituents is 2. The third-order valence-electron chi connectivity index (χ3n) is 4.72. The van der Waals surface area contributed by atoms with Crippen LogP contribution >= 0.6 is 0 Å². The van der Waals surface area contributed by atoms with E-state index in [-0.39, 0.29) is 17.6 Å². The molecule has 4 aromatic rings. The summed E-state index contributed by atoms with van der Waals surface area (Å²) in [7, 11) is 0. The second kappa shape index (κ2) is 7.69. The van der Waals surface area contributed by atoms with E-state index in [1.807, 2.05) is 55.5 Å². The number of benzene rings is 4. The Morgan fingerprint density at radius 2 is 1.18 bits per heavy atom. The summed E-state index contributed by atoms with van der Waals surface area (Å²) in [5.41, 5.74) is 0. The lowest BCUT2D eigenvalue weighted by Crippen LogP contribution is -2.15. The van der Waals surface area contributed by atoms with Crippen molar-refractivity contribution in [1.29, 1.82) is 0 Å². The predicted molar refractivity (Wildman–Crippen MR) is 111 cm³/mol. The summed E-state index contributed by atoms with van der Waals surface area (Å²) in [6.07, 6.45) is 0.758. The van der Waals surface area contributed by atoms with Gasteiger partial charge in [0.1, 0.15) is 23.0 Å². The van der Waals surface area contributed by atoms with Gasteiger partial charge in [0.2, 0.25) is 0 Å². The molecule has 0 bridgehead atoms. The largest absolute Gasteiger partial charge is 0.508 e. The molecule has 0 aliphatic carbocycles. The van der Waals surface area contributed by atoms with Gasteiger partial charge in [-0.1, -0.05) is 24.3 Å². The fraction of sp³-hybridized carbons (Fsp3) is 0.167. The van der Waals surface area contributed by atoms with Crippen LogP contribution in [-0.2, 0) is 0 Å². The molecule has 0 aliphatic rings. The van der Waals surface area contributed by atoms with Gasteiger partial charge in [0.25, 0.3) is 0 Å². The van der Waals surface area contributed by atoms with Gasteiger partial charge in [-0.2, -0.15) is 0 Å². The van der Waals surface area contributed by atoms with Crippen molar-refractivity contribution in [2.75, 3.05) is 6.61 Å². The first kappa shape index (κ1) is 18.0. The Kier molecular flexibility index (Phi) is 4.94. The number of fused-ring (bicyclic) bond motifs is 2. The monoisotopic (exact) mass is 374 g/mol. The van der Waals surface area contributed by atoms with Crippen molar-refractivity contribution >= 4 is 21.5 Å². The molecule has 0 amide bonds. The highest BCUT2D eigenvalue weighted by molar-refractivity contribution is 5.85. The molecule has 0 heterocycles. The maximum atomic E-state index is 9.55. The minimum Gasteiger partial charge on any atom is -0.508 e. The summed E-state index contributed by atoms with van der Waals surface area (Å²) in [4.78, 5) is 0. The van der Waals surface area contributed by atoms with Gasteiger partial charge in [-0.05, 0) is 77.0 Å². The van der Waals surface area contributed by atoms with Gasteiger partial charge in [-0.3, -0.25) is 0 Å². The van der Waals surface area contributed by atoms with E-state index >= 15 is 0 Å². The Morgan fingerprint density at radius 1 is 0.679 bits per heavy atom. The smallest absolute Gasteiger partial charge is 0.120 e. The average molecular weight is 374 g/mol. The van der Waals surface area contributed by atoms with Gasteiger partial charge >= 0.3 is 0 Å². The van der Waals surface area contributed by atoms with Crippen LogP contribution in [0.4, 0.5) is 0 Å². The molecular weight excluding hydrogens is 352 g/mol. The number of aromatic hydroxyl groups is 2. The summed E-state index contributed by atoms with van der Waals surface area (Å²) in [5, 5.41) is 23.1. The van der Waals surface area contributed by atoms with Crippen LogP contribution in [0.1, 0.15) is 13.3 Å². The Balaban J connectivity index is 1.33. The predicted octanol–water partition coefficient (Wildman–Crippen LogP) is 5.64. The first-order chi connectivity index (χ1) is 13.6. The van der Waals surface area contributed by atoms with E-state index in [4.69, 9.17) is 9.47 Å². The van der Waals surface area contributed by atoms with E-state index in [0.29, 0.717) is 6.61 Å². The summed E-state index contributed by atoms with van der Waals surface area (Å²) >= 11 is 0. The topological polar surface area (TPSA) is 58.9 Å². The molecule has 0 radical (unpaired) electrons. The van der Waals surface area contributed by atoms with Crippen molar-refractivity contribution in [1.82, 2.24) is 0 Å². The zero-order valence-electron chi connectivity index (χ0n) is 15.6. The number of ether oxygens (including phenoxy) is 2. The standard InChI is InChI=1S/C24H22O4/c1-16(28-24-9-5-18-13-22(26)7-3-20(18)15-24)10-11-27-23-8-4-17-12-21(25)6-2-19(17)14-23/h2-9,12-16,25-26H,10-11H2,1H3. The molecule has 1 atom stereocenters. The number of phenols is 2. The highest BCUT2D eigenvalue weighted by atomic mass is 16.5. The normalized spacial score (nSPS) is 12.2. The Labute approximate surface area is 163 Å². The second-order valence-corrected chi connectivity index (χ2v) is 6.95. The fourth-order valence-electron chi connectivity index (χ4n) is 3.22.